The summed E-state index contributed by atoms with van der Waals surface area (Å²) in [6.45, 7) is 1.36. The Balaban J connectivity index is 1.63. The van der Waals surface area contributed by atoms with Gasteiger partial charge in [-0.1, -0.05) is 18.2 Å². The van der Waals surface area contributed by atoms with Crippen LogP contribution in [0.2, 0.25) is 0 Å². The lowest BCUT2D eigenvalue weighted by molar-refractivity contribution is -0.139. The summed E-state index contributed by atoms with van der Waals surface area (Å²) >= 11 is 0. The average molecular weight is 347 g/mol. The van der Waals surface area contributed by atoms with E-state index in [1.165, 1.54) is 11.0 Å². The molecule has 3 rings (SSSR count). The smallest absolute Gasteiger partial charge is 0.228 e. The molecular formula is C18H22FN3O3. The van der Waals surface area contributed by atoms with Gasteiger partial charge in [0.2, 0.25) is 17.7 Å². The molecule has 1 aromatic rings. The molecule has 0 bridgehead atoms. The van der Waals surface area contributed by atoms with Crippen LogP contribution in [0.4, 0.5) is 4.39 Å². The van der Waals surface area contributed by atoms with Crippen molar-refractivity contribution in [3.05, 3.63) is 35.6 Å². The largest absolute Gasteiger partial charge is 0.369 e. The molecule has 2 saturated heterocycles. The third-order valence-corrected chi connectivity index (χ3v) is 5.02. The lowest BCUT2D eigenvalue weighted by Crippen LogP contribution is -2.46. The summed E-state index contributed by atoms with van der Waals surface area (Å²) in [6.07, 6.45) is 1.56. The van der Waals surface area contributed by atoms with E-state index in [1.54, 1.807) is 23.1 Å². The van der Waals surface area contributed by atoms with Crippen LogP contribution < -0.4 is 5.73 Å². The van der Waals surface area contributed by atoms with Gasteiger partial charge in [0, 0.05) is 38.2 Å². The average Bonchev–Trinajstić information content (AvgIpc) is 2.97. The molecule has 2 aliphatic rings. The Kier molecular flexibility index (Phi) is 5.01. The maximum Gasteiger partial charge on any atom is 0.228 e. The fourth-order valence-corrected chi connectivity index (χ4v) is 3.59. The first-order valence-electron chi connectivity index (χ1n) is 8.55. The van der Waals surface area contributed by atoms with Crippen LogP contribution in [-0.4, -0.2) is 47.2 Å². The Labute approximate surface area is 145 Å². The van der Waals surface area contributed by atoms with Crippen molar-refractivity contribution < 1.29 is 18.8 Å². The van der Waals surface area contributed by atoms with Crippen molar-refractivity contribution in [2.75, 3.05) is 19.6 Å². The minimum absolute atomic E-state index is 0.115. The number of carbonyl (C=O) groups excluding carboxylic acids is 3. The summed E-state index contributed by atoms with van der Waals surface area (Å²) in [4.78, 5) is 39.5. The number of halogens is 1. The predicted octanol–water partition coefficient (Wildman–Crippen LogP) is 0.898. The Morgan fingerprint density at radius 3 is 2.68 bits per heavy atom. The monoisotopic (exact) mass is 347 g/mol. The van der Waals surface area contributed by atoms with Crippen molar-refractivity contribution in [3.8, 4) is 0 Å². The standard InChI is InChI=1S/C18H22FN3O3/c19-15-6-2-1-4-12(15)9-22-11-14(8-16(22)23)18(25)21-7-3-5-13(10-21)17(20)24/h1-2,4,6,13-14H,3,5,7-11H2,(H2,20,24). The maximum absolute atomic E-state index is 13.8. The number of piperidine rings is 1. The normalized spacial score (nSPS) is 23.8. The van der Waals surface area contributed by atoms with Crippen LogP contribution in [0.1, 0.15) is 24.8 Å². The zero-order valence-electron chi connectivity index (χ0n) is 14.0. The first-order valence-corrected chi connectivity index (χ1v) is 8.55. The second-order valence-electron chi connectivity index (χ2n) is 6.79. The van der Waals surface area contributed by atoms with Crippen molar-refractivity contribution in [1.29, 1.82) is 0 Å². The van der Waals surface area contributed by atoms with E-state index in [1.807, 2.05) is 0 Å². The Morgan fingerprint density at radius 2 is 1.96 bits per heavy atom. The summed E-state index contributed by atoms with van der Waals surface area (Å²) in [7, 11) is 0. The molecule has 2 fully saturated rings. The second-order valence-corrected chi connectivity index (χ2v) is 6.79. The molecule has 0 radical (unpaired) electrons. The quantitative estimate of drug-likeness (QED) is 0.878. The minimum Gasteiger partial charge on any atom is -0.369 e. The van der Waals surface area contributed by atoms with E-state index in [2.05, 4.69) is 0 Å². The molecule has 2 unspecified atom stereocenters. The van der Waals surface area contributed by atoms with Gasteiger partial charge in [-0.15, -0.1) is 0 Å². The molecule has 0 saturated carbocycles. The predicted molar refractivity (Wildman–Crippen MR) is 88.4 cm³/mol. The lowest BCUT2D eigenvalue weighted by Gasteiger charge is -2.32. The van der Waals surface area contributed by atoms with Gasteiger partial charge < -0.3 is 15.5 Å². The molecule has 134 valence electrons. The van der Waals surface area contributed by atoms with Crippen LogP contribution >= 0.6 is 0 Å². The number of amides is 3. The number of nitrogens with two attached hydrogens (primary N) is 1. The van der Waals surface area contributed by atoms with E-state index in [9.17, 15) is 18.8 Å². The number of hydrogen-bond acceptors (Lipinski definition) is 3. The zero-order chi connectivity index (χ0) is 18.0. The minimum atomic E-state index is -0.439. The van der Waals surface area contributed by atoms with Gasteiger partial charge in [0.15, 0.2) is 0 Å². The van der Waals surface area contributed by atoms with Gasteiger partial charge in [-0.2, -0.15) is 0 Å². The van der Waals surface area contributed by atoms with Gasteiger partial charge in [-0.05, 0) is 18.9 Å². The van der Waals surface area contributed by atoms with Crippen molar-refractivity contribution in [2.24, 2.45) is 17.6 Å². The van der Waals surface area contributed by atoms with Crippen LogP contribution in [0.5, 0.6) is 0 Å². The van der Waals surface area contributed by atoms with E-state index in [-0.39, 0.29) is 49.0 Å². The Bertz CT molecular complexity index is 694. The Hall–Kier alpha value is -2.44. The number of nitrogens with zero attached hydrogens (tertiary/aromatic N) is 2. The van der Waals surface area contributed by atoms with Crippen LogP contribution in [0.25, 0.3) is 0 Å². The first-order chi connectivity index (χ1) is 12.0. The van der Waals surface area contributed by atoms with Crippen molar-refractivity contribution in [3.63, 3.8) is 0 Å². The molecule has 0 aliphatic carbocycles. The topological polar surface area (TPSA) is 83.7 Å². The van der Waals surface area contributed by atoms with Crippen LogP contribution in [0.15, 0.2) is 24.3 Å². The van der Waals surface area contributed by atoms with Crippen molar-refractivity contribution >= 4 is 17.7 Å². The molecule has 6 nitrogen and oxygen atoms in total. The number of rotatable bonds is 4. The van der Waals surface area contributed by atoms with E-state index >= 15 is 0 Å². The summed E-state index contributed by atoms with van der Waals surface area (Å²) in [6, 6.07) is 6.32. The number of benzene rings is 1. The molecule has 2 heterocycles. The molecule has 3 amide bonds. The first kappa shape index (κ1) is 17.4. The highest BCUT2D eigenvalue weighted by Crippen LogP contribution is 2.25. The molecule has 1 aromatic carbocycles. The van der Waals surface area contributed by atoms with Gasteiger partial charge in [-0.3, -0.25) is 14.4 Å². The molecular weight excluding hydrogens is 325 g/mol. The highest BCUT2D eigenvalue weighted by molar-refractivity contribution is 5.89. The molecule has 0 aromatic heterocycles. The van der Waals surface area contributed by atoms with Crippen LogP contribution in [0.3, 0.4) is 0 Å². The van der Waals surface area contributed by atoms with Gasteiger partial charge in [-0.25, -0.2) is 4.39 Å². The van der Waals surface area contributed by atoms with Gasteiger partial charge in [0.25, 0.3) is 0 Å². The van der Waals surface area contributed by atoms with E-state index in [0.717, 1.165) is 6.42 Å². The van der Waals surface area contributed by atoms with E-state index in [0.29, 0.717) is 25.1 Å². The highest BCUT2D eigenvalue weighted by atomic mass is 19.1. The summed E-state index contributed by atoms with van der Waals surface area (Å²) in [5.41, 5.74) is 5.79. The second kappa shape index (κ2) is 7.21. The Morgan fingerprint density at radius 1 is 1.20 bits per heavy atom. The molecule has 2 atom stereocenters. The fraction of sp³-hybridized carbons (Fsp3) is 0.500. The number of carbonyl (C=O) groups is 3. The summed E-state index contributed by atoms with van der Waals surface area (Å²) in [5.74, 6) is -1.76. The van der Waals surface area contributed by atoms with E-state index in [4.69, 9.17) is 5.73 Å². The van der Waals surface area contributed by atoms with E-state index < -0.39 is 5.92 Å². The highest BCUT2D eigenvalue weighted by Gasteiger charge is 2.38. The molecule has 2 aliphatic heterocycles. The third-order valence-electron chi connectivity index (χ3n) is 5.02. The molecule has 25 heavy (non-hydrogen) atoms. The van der Waals surface area contributed by atoms with Crippen LogP contribution in [-0.2, 0) is 20.9 Å². The SMILES string of the molecule is NC(=O)C1CCCN(C(=O)C2CC(=O)N(Cc3ccccc3F)C2)C1. The molecule has 2 N–H and O–H groups in total. The molecule has 7 heteroatoms. The van der Waals surface area contributed by atoms with Crippen molar-refractivity contribution in [2.45, 2.75) is 25.8 Å². The fourth-order valence-electron chi connectivity index (χ4n) is 3.59. The van der Waals surface area contributed by atoms with Gasteiger partial charge >= 0.3 is 0 Å². The summed E-state index contributed by atoms with van der Waals surface area (Å²) < 4.78 is 13.8. The number of hydrogen-bond donors (Lipinski definition) is 1. The molecule has 0 spiro atoms. The third kappa shape index (κ3) is 3.81. The summed E-state index contributed by atoms with van der Waals surface area (Å²) in [5, 5.41) is 0. The maximum atomic E-state index is 13.8. The van der Waals surface area contributed by atoms with Gasteiger partial charge in [0.05, 0.1) is 11.8 Å². The van der Waals surface area contributed by atoms with Gasteiger partial charge in [0.1, 0.15) is 5.82 Å². The number of primary amides is 1. The van der Waals surface area contributed by atoms with Crippen LogP contribution in [0, 0.1) is 17.7 Å². The zero-order valence-corrected chi connectivity index (χ0v) is 14.0. The lowest BCUT2D eigenvalue weighted by atomic mass is 9.96. The number of likely N-dealkylation sites (tertiary alicyclic amines) is 2. The van der Waals surface area contributed by atoms with Crippen molar-refractivity contribution in [1.82, 2.24) is 9.80 Å².